The molecule has 2 atom stereocenters. The monoisotopic (exact) mass is 296 g/mol. The fourth-order valence-corrected chi connectivity index (χ4v) is 2.83. The molecule has 0 bridgehead atoms. The summed E-state index contributed by atoms with van der Waals surface area (Å²) in [5.41, 5.74) is 1.98. The van der Waals surface area contributed by atoms with Crippen LogP contribution < -0.4 is 5.32 Å². The van der Waals surface area contributed by atoms with Crippen molar-refractivity contribution in [3.8, 4) is 0 Å². The SMILES string of the molecule is Cc1cc(N[C@H]2CCO[C@@H]2c2cccnc2)n2ncnc2n1. The average Bonchev–Trinajstić information content (AvgIpc) is 3.17. The number of rotatable bonds is 3. The lowest BCUT2D eigenvalue weighted by atomic mass is 10.0. The summed E-state index contributed by atoms with van der Waals surface area (Å²) in [6.45, 7) is 2.67. The molecule has 1 N–H and O–H groups in total. The maximum atomic E-state index is 5.88. The predicted octanol–water partition coefficient (Wildman–Crippen LogP) is 1.77. The Labute approximate surface area is 127 Å². The second-order valence-corrected chi connectivity index (χ2v) is 5.37. The van der Waals surface area contributed by atoms with E-state index in [9.17, 15) is 0 Å². The van der Waals surface area contributed by atoms with Crippen molar-refractivity contribution in [2.75, 3.05) is 11.9 Å². The van der Waals surface area contributed by atoms with E-state index in [1.807, 2.05) is 31.3 Å². The van der Waals surface area contributed by atoms with Gasteiger partial charge in [-0.1, -0.05) is 6.07 Å². The fourth-order valence-electron chi connectivity index (χ4n) is 2.83. The Balaban J connectivity index is 1.65. The zero-order valence-electron chi connectivity index (χ0n) is 12.2. The molecular weight excluding hydrogens is 280 g/mol. The smallest absolute Gasteiger partial charge is 0.254 e. The van der Waals surface area contributed by atoms with Gasteiger partial charge in [0.15, 0.2) is 0 Å². The molecule has 7 nitrogen and oxygen atoms in total. The van der Waals surface area contributed by atoms with Crippen LogP contribution in [-0.4, -0.2) is 37.2 Å². The van der Waals surface area contributed by atoms with Crippen molar-refractivity contribution >= 4 is 11.6 Å². The lowest BCUT2D eigenvalue weighted by molar-refractivity contribution is 0.107. The zero-order valence-corrected chi connectivity index (χ0v) is 12.2. The van der Waals surface area contributed by atoms with Gasteiger partial charge in [0.25, 0.3) is 5.78 Å². The second-order valence-electron chi connectivity index (χ2n) is 5.37. The van der Waals surface area contributed by atoms with Crippen LogP contribution in [0.25, 0.3) is 5.78 Å². The van der Waals surface area contributed by atoms with Crippen molar-refractivity contribution < 1.29 is 4.74 Å². The summed E-state index contributed by atoms with van der Waals surface area (Å²) in [6, 6.07) is 6.11. The van der Waals surface area contributed by atoms with E-state index in [1.54, 1.807) is 10.7 Å². The van der Waals surface area contributed by atoms with Crippen LogP contribution in [0.3, 0.4) is 0 Å². The first kappa shape index (κ1) is 13.1. The van der Waals surface area contributed by atoms with Gasteiger partial charge in [-0.15, -0.1) is 0 Å². The Kier molecular flexibility index (Phi) is 3.19. The molecule has 3 aromatic heterocycles. The number of anilines is 1. The third-order valence-electron chi connectivity index (χ3n) is 3.82. The first-order chi connectivity index (χ1) is 10.8. The number of nitrogens with one attached hydrogen (secondary N) is 1. The molecule has 0 aromatic carbocycles. The van der Waals surface area contributed by atoms with E-state index >= 15 is 0 Å². The van der Waals surface area contributed by atoms with Crippen molar-refractivity contribution in [1.82, 2.24) is 24.6 Å². The normalized spacial score (nSPS) is 21.3. The van der Waals surface area contributed by atoms with Crippen LogP contribution in [-0.2, 0) is 4.74 Å². The van der Waals surface area contributed by atoms with Crippen LogP contribution in [0, 0.1) is 6.92 Å². The predicted molar refractivity (Wildman–Crippen MR) is 80.5 cm³/mol. The van der Waals surface area contributed by atoms with E-state index in [0.717, 1.165) is 30.1 Å². The summed E-state index contributed by atoms with van der Waals surface area (Å²) >= 11 is 0. The highest BCUT2D eigenvalue weighted by Crippen LogP contribution is 2.31. The Bertz CT molecular complexity index is 787. The molecule has 0 radical (unpaired) electrons. The topological polar surface area (TPSA) is 77.2 Å². The molecule has 4 rings (SSSR count). The summed E-state index contributed by atoms with van der Waals surface area (Å²) in [5, 5.41) is 7.75. The molecule has 0 unspecified atom stereocenters. The molecule has 0 aliphatic carbocycles. The second kappa shape index (κ2) is 5.34. The van der Waals surface area contributed by atoms with Crippen molar-refractivity contribution in [2.45, 2.75) is 25.5 Å². The summed E-state index contributed by atoms with van der Waals surface area (Å²) < 4.78 is 7.60. The van der Waals surface area contributed by atoms with E-state index in [1.165, 1.54) is 6.33 Å². The lowest BCUT2D eigenvalue weighted by Crippen LogP contribution is -2.25. The molecule has 1 fully saturated rings. The Morgan fingerprint density at radius 1 is 1.41 bits per heavy atom. The van der Waals surface area contributed by atoms with Crippen molar-refractivity contribution in [3.63, 3.8) is 0 Å². The summed E-state index contributed by atoms with van der Waals surface area (Å²) in [4.78, 5) is 12.7. The molecule has 0 amide bonds. The number of aromatic nitrogens is 5. The number of pyridine rings is 1. The molecule has 1 aliphatic rings. The number of ether oxygens (including phenoxy) is 1. The van der Waals surface area contributed by atoms with Crippen LogP contribution in [0.4, 0.5) is 5.82 Å². The van der Waals surface area contributed by atoms with Gasteiger partial charge >= 0.3 is 0 Å². The average molecular weight is 296 g/mol. The summed E-state index contributed by atoms with van der Waals surface area (Å²) in [7, 11) is 0. The third kappa shape index (κ3) is 2.29. The highest BCUT2D eigenvalue weighted by Gasteiger charge is 2.30. The van der Waals surface area contributed by atoms with E-state index in [0.29, 0.717) is 5.78 Å². The van der Waals surface area contributed by atoms with E-state index in [2.05, 4.69) is 25.4 Å². The third-order valence-corrected chi connectivity index (χ3v) is 3.82. The van der Waals surface area contributed by atoms with Gasteiger partial charge in [-0.05, 0) is 19.4 Å². The molecule has 22 heavy (non-hydrogen) atoms. The number of nitrogens with zero attached hydrogens (tertiary/aromatic N) is 5. The first-order valence-electron chi connectivity index (χ1n) is 7.27. The van der Waals surface area contributed by atoms with Gasteiger partial charge < -0.3 is 10.1 Å². The fraction of sp³-hybridized carbons (Fsp3) is 0.333. The summed E-state index contributed by atoms with van der Waals surface area (Å²) in [6.07, 6.45) is 6.05. The molecule has 1 saturated heterocycles. The number of fused-ring (bicyclic) bond motifs is 1. The molecule has 0 saturated carbocycles. The van der Waals surface area contributed by atoms with Crippen LogP contribution in [0.5, 0.6) is 0 Å². The van der Waals surface area contributed by atoms with Crippen LogP contribution >= 0.6 is 0 Å². The Morgan fingerprint density at radius 2 is 2.36 bits per heavy atom. The minimum atomic E-state index is -0.0132. The Morgan fingerprint density at radius 3 is 3.23 bits per heavy atom. The quantitative estimate of drug-likeness (QED) is 0.793. The molecule has 3 aromatic rings. The van der Waals surface area contributed by atoms with Crippen LogP contribution in [0.15, 0.2) is 36.9 Å². The van der Waals surface area contributed by atoms with Crippen molar-refractivity contribution in [2.24, 2.45) is 0 Å². The molecular formula is C15H16N6O. The van der Waals surface area contributed by atoms with Gasteiger partial charge in [0.05, 0.1) is 6.04 Å². The summed E-state index contributed by atoms with van der Waals surface area (Å²) in [5.74, 6) is 1.48. The molecule has 7 heteroatoms. The van der Waals surface area contributed by atoms with Gasteiger partial charge in [-0.2, -0.15) is 14.6 Å². The number of aryl methyl sites for hydroxylation is 1. The molecule has 4 heterocycles. The minimum absolute atomic E-state index is 0.0132. The van der Waals surface area contributed by atoms with Gasteiger partial charge in [0, 0.05) is 36.3 Å². The standard InChI is InChI=1S/C15H16N6O/c1-10-7-13(21-15(19-10)17-9-18-21)20-12-4-6-22-14(12)11-3-2-5-16-8-11/h2-3,5,7-9,12,14,20H,4,6H2,1H3/t12-,14+/m0/s1. The highest BCUT2D eigenvalue weighted by molar-refractivity contribution is 5.46. The molecule has 0 spiro atoms. The van der Waals surface area contributed by atoms with Crippen LogP contribution in [0.2, 0.25) is 0 Å². The minimum Gasteiger partial charge on any atom is -0.371 e. The van der Waals surface area contributed by atoms with Gasteiger partial charge in [0.1, 0.15) is 18.2 Å². The number of hydrogen-bond acceptors (Lipinski definition) is 6. The Hall–Kier alpha value is -2.54. The highest BCUT2D eigenvalue weighted by atomic mass is 16.5. The lowest BCUT2D eigenvalue weighted by Gasteiger charge is -2.21. The molecule has 112 valence electrons. The van der Waals surface area contributed by atoms with Gasteiger partial charge in [-0.25, -0.2) is 4.98 Å². The largest absolute Gasteiger partial charge is 0.371 e. The maximum Gasteiger partial charge on any atom is 0.254 e. The van der Waals surface area contributed by atoms with E-state index < -0.39 is 0 Å². The zero-order chi connectivity index (χ0) is 14.9. The van der Waals surface area contributed by atoms with E-state index in [-0.39, 0.29) is 12.1 Å². The van der Waals surface area contributed by atoms with Gasteiger partial charge in [-0.3, -0.25) is 4.98 Å². The first-order valence-corrected chi connectivity index (χ1v) is 7.27. The van der Waals surface area contributed by atoms with Crippen LogP contribution in [0.1, 0.15) is 23.8 Å². The number of hydrogen-bond donors (Lipinski definition) is 1. The van der Waals surface area contributed by atoms with Crippen molar-refractivity contribution in [1.29, 1.82) is 0 Å². The van der Waals surface area contributed by atoms with Crippen molar-refractivity contribution in [3.05, 3.63) is 48.2 Å². The van der Waals surface area contributed by atoms with E-state index in [4.69, 9.17) is 4.74 Å². The maximum absolute atomic E-state index is 5.88. The van der Waals surface area contributed by atoms with Gasteiger partial charge in [0.2, 0.25) is 0 Å². The molecule has 1 aliphatic heterocycles.